The van der Waals surface area contributed by atoms with Crippen LogP contribution in [0.5, 0.6) is 0 Å². The van der Waals surface area contributed by atoms with Crippen molar-refractivity contribution in [3.05, 3.63) is 24.2 Å². The van der Waals surface area contributed by atoms with Crippen LogP contribution in [0.25, 0.3) is 0 Å². The van der Waals surface area contributed by atoms with Crippen molar-refractivity contribution in [1.82, 2.24) is 5.32 Å². The minimum atomic E-state index is 0.602. The highest BCUT2D eigenvalue weighted by molar-refractivity contribution is 5.21. The maximum Gasteiger partial charge on any atom is 0.0937 e. The van der Waals surface area contributed by atoms with Crippen LogP contribution in [0.4, 0.5) is 0 Å². The molecule has 0 radical (unpaired) electrons. The van der Waals surface area contributed by atoms with Gasteiger partial charge in [0.05, 0.1) is 12.5 Å². The molecule has 0 bridgehead atoms. The average molecular weight is 179 g/mol. The first-order valence-electron chi connectivity index (χ1n) is 5.03. The van der Waals surface area contributed by atoms with Crippen molar-refractivity contribution in [2.24, 2.45) is 5.92 Å². The lowest BCUT2D eigenvalue weighted by molar-refractivity contribution is 0.549. The highest BCUT2D eigenvalue weighted by atomic mass is 16.3. The first-order chi connectivity index (χ1) is 6.27. The molecule has 1 aromatic rings. The lowest BCUT2D eigenvalue weighted by Gasteiger charge is -2.06. The van der Waals surface area contributed by atoms with Gasteiger partial charge in [-0.05, 0) is 36.4 Å². The first-order valence-corrected chi connectivity index (χ1v) is 5.03. The van der Waals surface area contributed by atoms with Gasteiger partial charge in [-0.15, -0.1) is 0 Å². The largest absolute Gasteiger partial charge is 0.472 e. The molecule has 0 amide bonds. The molecule has 0 aliphatic heterocycles. The van der Waals surface area contributed by atoms with Gasteiger partial charge in [0.15, 0.2) is 0 Å². The Morgan fingerprint density at radius 3 is 3.08 bits per heavy atom. The standard InChI is InChI=1S/C11H17NO/c1-8(2)12-6-10-5-11(10)9-3-4-13-7-9/h3-4,7-8,10-12H,5-6H2,1-2H3. The molecule has 2 nitrogen and oxygen atoms in total. The van der Waals surface area contributed by atoms with Gasteiger partial charge in [-0.25, -0.2) is 0 Å². The van der Waals surface area contributed by atoms with E-state index in [-0.39, 0.29) is 0 Å². The third-order valence-corrected chi connectivity index (χ3v) is 2.68. The molecule has 1 aromatic heterocycles. The van der Waals surface area contributed by atoms with Gasteiger partial charge in [0.2, 0.25) is 0 Å². The molecule has 72 valence electrons. The van der Waals surface area contributed by atoms with Gasteiger partial charge >= 0.3 is 0 Å². The molecule has 2 unspecified atom stereocenters. The number of hydrogen-bond donors (Lipinski definition) is 1. The molecule has 1 N–H and O–H groups in total. The van der Waals surface area contributed by atoms with Crippen molar-refractivity contribution < 1.29 is 4.42 Å². The number of furan rings is 1. The Balaban J connectivity index is 1.77. The predicted molar refractivity (Wildman–Crippen MR) is 52.7 cm³/mol. The van der Waals surface area contributed by atoms with Crippen molar-refractivity contribution in [3.8, 4) is 0 Å². The summed E-state index contributed by atoms with van der Waals surface area (Å²) in [5, 5.41) is 3.47. The molecule has 2 heteroatoms. The predicted octanol–water partition coefficient (Wildman–Crippen LogP) is 2.38. The van der Waals surface area contributed by atoms with Crippen LogP contribution in [0.2, 0.25) is 0 Å². The summed E-state index contributed by atoms with van der Waals surface area (Å²) in [7, 11) is 0. The molecule has 1 saturated carbocycles. The fourth-order valence-electron chi connectivity index (χ4n) is 1.75. The van der Waals surface area contributed by atoms with E-state index in [0.29, 0.717) is 6.04 Å². The van der Waals surface area contributed by atoms with Crippen molar-refractivity contribution in [2.45, 2.75) is 32.2 Å². The quantitative estimate of drug-likeness (QED) is 0.767. The van der Waals surface area contributed by atoms with E-state index in [9.17, 15) is 0 Å². The van der Waals surface area contributed by atoms with Crippen LogP contribution in [0, 0.1) is 5.92 Å². The van der Waals surface area contributed by atoms with E-state index in [1.165, 1.54) is 12.0 Å². The topological polar surface area (TPSA) is 25.2 Å². The Kier molecular flexibility index (Phi) is 2.40. The Morgan fingerprint density at radius 2 is 2.46 bits per heavy atom. The Hall–Kier alpha value is -0.760. The van der Waals surface area contributed by atoms with Gasteiger partial charge in [0.25, 0.3) is 0 Å². The lowest BCUT2D eigenvalue weighted by Crippen LogP contribution is -2.25. The second kappa shape index (κ2) is 3.54. The van der Waals surface area contributed by atoms with E-state index in [0.717, 1.165) is 18.4 Å². The smallest absolute Gasteiger partial charge is 0.0937 e. The molecule has 2 atom stereocenters. The molecule has 2 rings (SSSR count). The van der Waals surface area contributed by atoms with Gasteiger partial charge in [0.1, 0.15) is 0 Å². The minimum Gasteiger partial charge on any atom is -0.472 e. The zero-order chi connectivity index (χ0) is 9.26. The van der Waals surface area contributed by atoms with Crippen LogP contribution in [0.15, 0.2) is 23.0 Å². The maximum atomic E-state index is 5.07. The van der Waals surface area contributed by atoms with E-state index in [4.69, 9.17) is 4.42 Å². The SMILES string of the molecule is CC(C)NCC1CC1c1ccoc1. The zero-order valence-corrected chi connectivity index (χ0v) is 8.29. The van der Waals surface area contributed by atoms with Crippen LogP contribution < -0.4 is 5.32 Å². The number of rotatable bonds is 4. The molecule has 1 heterocycles. The van der Waals surface area contributed by atoms with E-state index >= 15 is 0 Å². The van der Waals surface area contributed by atoms with Gasteiger partial charge in [-0.2, -0.15) is 0 Å². The molecule has 1 aliphatic rings. The number of hydrogen-bond acceptors (Lipinski definition) is 2. The van der Waals surface area contributed by atoms with E-state index in [1.807, 2.05) is 6.26 Å². The Labute approximate surface area is 79.3 Å². The van der Waals surface area contributed by atoms with Crippen LogP contribution in [0.3, 0.4) is 0 Å². The van der Waals surface area contributed by atoms with Crippen molar-refractivity contribution >= 4 is 0 Å². The van der Waals surface area contributed by atoms with Crippen LogP contribution in [-0.4, -0.2) is 12.6 Å². The Morgan fingerprint density at radius 1 is 1.62 bits per heavy atom. The summed E-state index contributed by atoms with van der Waals surface area (Å²) in [6.07, 6.45) is 4.96. The van der Waals surface area contributed by atoms with Gasteiger partial charge in [-0.3, -0.25) is 0 Å². The monoisotopic (exact) mass is 179 g/mol. The molecule has 13 heavy (non-hydrogen) atoms. The summed E-state index contributed by atoms with van der Waals surface area (Å²) >= 11 is 0. The van der Waals surface area contributed by atoms with Gasteiger partial charge < -0.3 is 9.73 Å². The van der Waals surface area contributed by atoms with Crippen molar-refractivity contribution in [1.29, 1.82) is 0 Å². The van der Waals surface area contributed by atoms with Crippen molar-refractivity contribution in [3.63, 3.8) is 0 Å². The summed E-state index contributed by atoms with van der Waals surface area (Å²) < 4.78 is 5.07. The van der Waals surface area contributed by atoms with Gasteiger partial charge in [0, 0.05) is 6.04 Å². The molecular weight excluding hydrogens is 162 g/mol. The third-order valence-electron chi connectivity index (χ3n) is 2.68. The summed E-state index contributed by atoms with van der Waals surface area (Å²) in [6, 6.07) is 2.69. The molecule has 0 saturated heterocycles. The first kappa shape index (κ1) is 8.82. The minimum absolute atomic E-state index is 0.602. The van der Waals surface area contributed by atoms with Crippen LogP contribution in [-0.2, 0) is 0 Å². The summed E-state index contributed by atoms with van der Waals surface area (Å²) in [5.74, 6) is 1.59. The highest BCUT2D eigenvalue weighted by Crippen LogP contribution is 2.47. The van der Waals surface area contributed by atoms with Crippen LogP contribution in [0.1, 0.15) is 31.7 Å². The fourth-order valence-corrected chi connectivity index (χ4v) is 1.75. The molecule has 1 fully saturated rings. The molecular formula is C11H17NO. The fraction of sp³-hybridized carbons (Fsp3) is 0.636. The molecule has 1 aliphatic carbocycles. The van der Waals surface area contributed by atoms with E-state index < -0.39 is 0 Å². The molecule has 0 aromatic carbocycles. The van der Waals surface area contributed by atoms with Crippen LogP contribution >= 0.6 is 0 Å². The van der Waals surface area contributed by atoms with Gasteiger partial charge in [-0.1, -0.05) is 13.8 Å². The van der Waals surface area contributed by atoms with Crippen molar-refractivity contribution in [2.75, 3.05) is 6.54 Å². The van der Waals surface area contributed by atoms with E-state index in [2.05, 4.69) is 25.2 Å². The normalized spacial score (nSPS) is 26.7. The summed E-state index contributed by atoms with van der Waals surface area (Å²) in [4.78, 5) is 0. The summed E-state index contributed by atoms with van der Waals surface area (Å²) in [6.45, 7) is 5.53. The molecule has 0 spiro atoms. The zero-order valence-electron chi connectivity index (χ0n) is 8.29. The second-order valence-electron chi connectivity index (χ2n) is 4.22. The second-order valence-corrected chi connectivity index (χ2v) is 4.22. The Bertz CT molecular complexity index is 253. The number of nitrogens with one attached hydrogen (secondary N) is 1. The summed E-state index contributed by atoms with van der Waals surface area (Å²) in [5.41, 5.74) is 1.37. The lowest BCUT2D eigenvalue weighted by atomic mass is 10.2. The average Bonchev–Trinajstić information content (AvgIpc) is 2.66. The maximum absolute atomic E-state index is 5.07. The van der Waals surface area contributed by atoms with E-state index in [1.54, 1.807) is 6.26 Å². The third kappa shape index (κ3) is 2.13. The highest BCUT2D eigenvalue weighted by Gasteiger charge is 2.38.